The van der Waals surface area contributed by atoms with Gasteiger partial charge in [0.05, 0.1) is 5.56 Å². The number of hydrogen-bond acceptors (Lipinski definition) is 4. The number of hydrogen-bond donors (Lipinski definition) is 0. The molecule has 1 atom stereocenters. The van der Waals surface area contributed by atoms with Crippen LogP contribution in [0.4, 0.5) is 0 Å². The Morgan fingerprint density at radius 1 is 1.05 bits per heavy atom. The van der Waals surface area contributed by atoms with Crippen LogP contribution in [0, 0.1) is 0 Å². The summed E-state index contributed by atoms with van der Waals surface area (Å²) < 4.78 is 15.4. The Bertz CT molecular complexity index is 588. The van der Waals surface area contributed by atoms with Crippen molar-refractivity contribution in [3.8, 4) is 11.1 Å². The van der Waals surface area contributed by atoms with E-state index in [4.69, 9.17) is 14.2 Å². The Morgan fingerprint density at radius 2 is 1.80 bits per heavy atom. The maximum absolute atomic E-state index is 12.2. The molecule has 0 saturated carbocycles. The zero-order valence-electron chi connectivity index (χ0n) is 10.8. The zero-order valence-corrected chi connectivity index (χ0v) is 10.8. The molecule has 0 bridgehead atoms. The molecule has 0 N–H and O–H groups in total. The van der Waals surface area contributed by atoms with Crippen molar-refractivity contribution in [3.05, 3.63) is 60.2 Å². The summed E-state index contributed by atoms with van der Waals surface area (Å²) in [4.78, 5) is 12.2. The minimum Gasteiger partial charge on any atom is -0.429 e. The minimum absolute atomic E-state index is 0.165. The molecule has 0 aliphatic carbocycles. The first-order valence-corrected chi connectivity index (χ1v) is 6.39. The van der Waals surface area contributed by atoms with E-state index in [0.29, 0.717) is 5.56 Å². The summed E-state index contributed by atoms with van der Waals surface area (Å²) >= 11 is 0. The number of ether oxygens (including phenoxy) is 3. The molecule has 0 spiro atoms. The van der Waals surface area contributed by atoms with E-state index in [1.54, 1.807) is 6.07 Å². The first kappa shape index (κ1) is 12.8. The highest BCUT2D eigenvalue weighted by Crippen LogP contribution is 2.24. The Balaban J connectivity index is 1.87. The van der Waals surface area contributed by atoms with E-state index in [2.05, 4.69) is 0 Å². The fraction of sp³-hybridized carbons (Fsp3) is 0.188. The summed E-state index contributed by atoms with van der Waals surface area (Å²) in [6.07, 6.45) is -0.619. The molecule has 2 aromatic rings. The molecule has 1 aliphatic heterocycles. The summed E-state index contributed by atoms with van der Waals surface area (Å²) in [7, 11) is 0. The van der Waals surface area contributed by atoms with Crippen molar-refractivity contribution < 1.29 is 19.0 Å². The van der Waals surface area contributed by atoms with Crippen LogP contribution in [0.3, 0.4) is 0 Å². The number of esters is 1. The van der Waals surface area contributed by atoms with E-state index < -0.39 is 12.3 Å². The SMILES string of the molecule is O=C(OC1COCO1)c1ccccc1-c1ccccc1. The molecule has 4 nitrogen and oxygen atoms in total. The van der Waals surface area contributed by atoms with Gasteiger partial charge in [0.25, 0.3) is 0 Å². The van der Waals surface area contributed by atoms with Gasteiger partial charge in [-0.25, -0.2) is 4.79 Å². The number of carbonyl (C=O) groups is 1. The standard InChI is InChI=1S/C16H14O4/c17-16(20-15-10-18-11-19-15)14-9-5-4-8-13(14)12-6-2-1-3-7-12/h1-9,15H,10-11H2. The van der Waals surface area contributed by atoms with E-state index in [-0.39, 0.29) is 13.4 Å². The van der Waals surface area contributed by atoms with E-state index in [0.717, 1.165) is 11.1 Å². The average molecular weight is 270 g/mol. The normalized spacial score (nSPS) is 17.9. The van der Waals surface area contributed by atoms with Crippen molar-refractivity contribution >= 4 is 5.97 Å². The molecule has 20 heavy (non-hydrogen) atoms. The maximum atomic E-state index is 12.2. The smallest absolute Gasteiger partial charge is 0.341 e. The second kappa shape index (κ2) is 5.86. The first-order chi connectivity index (χ1) is 9.84. The fourth-order valence-corrected chi connectivity index (χ4v) is 2.10. The molecule has 3 rings (SSSR count). The summed E-state index contributed by atoms with van der Waals surface area (Å²) in [6, 6.07) is 17.1. The molecule has 4 heteroatoms. The van der Waals surface area contributed by atoms with E-state index in [1.807, 2.05) is 48.5 Å². The predicted octanol–water partition coefficient (Wildman–Crippen LogP) is 2.84. The van der Waals surface area contributed by atoms with Gasteiger partial charge in [0.1, 0.15) is 6.61 Å². The minimum atomic E-state index is -0.619. The third kappa shape index (κ3) is 2.71. The highest BCUT2D eigenvalue weighted by Gasteiger charge is 2.22. The zero-order chi connectivity index (χ0) is 13.8. The summed E-state index contributed by atoms with van der Waals surface area (Å²) in [5, 5.41) is 0. The van der Waals surface area contributed by atoms with E-state index >= 15 is 0 Å². The Labute approximate surface area is 116 Å². The number of carbonyl (C=O) groups excluding carboxylic acids is 1. The quantitative estimate of drug-likeness (QED) is 0.804. The van der Waals surface area contributed by atoms with Gasteiger partial charge in [0.15, 0.2) is 6.79 Å². The Morgan fingerprint density at radius 3 is 2.55 bits per heavy atom. The summed E-state index contributed by atoms with van der Waals surface area (Å²) in [5.74, 6) is -0.403. The topological polar surface area (TPSA) is 44.8 Å². The van der Waals surface area contributed by atoms with Gasteiger partial charge in [-0.2, -0.15) is 0 Å². The molecule has 0 amide bonds. The van der Waals surface area contributed by atoms with Crippen LogP contribution < -0.4 is 0 Å². The molecule has 1 fully saturated rings. The molecular formula is C16H14O4. The molecule has 102 valence electrons. The summed E-state index contributed by atoms with van der Waals surface area (Å²) in [6.45, 7) is 0.442. The second-order valence-electron chi connectivity index (χ2n) is 4.40. The van der Waals surface area contributed by atoms with Crippen molar-refractivity contribution in [1.82, 2.24) is 0 Å². The lowest BCUT2D eigenvalue weighted by Gasteiger charge is -2.12. The number of benzene rings is 2. The molecule has 1 unspecified atom stereocenters. The molecule has 1 aliphatic rings. The molecule has 1 saturated heterocycles. The van der Waals surface area contributed by atoms with Crippen molar-refractivity contribution in [3.63, 3.8) is 0 Å². The lowest BCUT2D eigenvalue weighted by molar-refractivity contribution is -0.0752. The molecule has 0 radical (unpaired) electrons. The second-order valence-corrected chi connectivity index (χ2v) is 4.40. The van der Waals surface area contributed by atoms with E-state index in [1.165, 1.54) is 0 Å². The fourth-order valence-electron chi connectivity index (χ4n) is 2.10. The van der Waals surface area contributed by atoms with Crippen LogP contribution >= 0.6 is 0 Å². The molecule has 1 heterocycles. The van der Waals surface area contributed by atoms with Crippen LogP contribution in [-0.4, -0.2) is 25.7 Å². The highest BCUT2D eigenvalue weighted by molar-refractivity contribution is 5.97. The van der Waals surface area contributed by atoms with Gasteiger partial charge in [0.2, 0.25) is 6.29 Å². The maximum Gasteiger partial charge on any atom is 0.341 e. The van der Waals surface area contributed by atoms with Gasteiger partial charge in [-0.1, -0.05) is 48.5 Å². The third-order valence-electron chi connectivity index (χ3n) is 3.06. The largest absolute Gasteiger partial charge is 0.429 e. The molecular weight excluding hydrogens is 256 g/mol. The van der Waals surface area contributed by atoms with Crippen molar-refractivity contribution in [2.24, 2.45) is 0 Å². The van der Waals surface area contributed by atoms with Gasteiger partial charge >= 0.3 is 5.97 Å². The van der Waals surface area contributed by atoms with Gasteiger partial charge in [-0.15, -0.1) is 0 Å². The third-order valence-corrected chi connectivity index (χ3v) is 3.06. The lowest BCUT2D eigenvalue weighted by atomic mass is 10.00. The lowest BCUT2D eigenvalue weighted by Crippen LogP contribution is -2.20. The Kier molecular flexibility index (Phi) is 3.76. The van der Waals surface area contributed by atoms with Gasteiger partial charge in [-0.3, -0.25) is 0 Å². The van der Waals surface area contributed by atoms with Crippen LogP contribution in [0.5, 0.6) is 0 Å². The number of rotatable bonds is 3. The predicted molar refractivity (Wildman–Crippen MR) is 73.0 cm³/mol. The van der Waals surface area contributed by atoms with Crippen molar-refractivity contribution in [2.75, 3.05) is 13.4 Å². The van der Waals surface area contributed by atoms with Crippen LogP contribution in [0.25, 0.3) is 11.1 Å². The van der Waals surface area contributed by atoms with Crippen molar-refractivity contribution in [1.29, 1.82) is 0 Å². The van der Waals surface area contributed by atoms with Gasteiger partial charge < -0.3 is 14.2 Å². The summed E-state index contributed by atoms with van der Waals surface area (Å²) in [5.41, 5.74) is 2.34. The van der Waals surface area contributed by atoms with Gasteiger partial charge in [-0.05, 0) is 17.2 Å². The molecule has 0 aromatic heterocycles. The highest BCUT2D eigenvalue weighted by atomic mass is 16.8. The van der Waals surface area contributed by atoms with Gasteiger partial charge in [0, 0.05) is 0 Å². The van der Waals surface area contributed by atoms with Crippen LogP contribution in [0.15, 0.2) is 54.6 Å². The molecule has 2 aromatic carbocycles. The van der Waals surface area contributed by atoms with Crippen LogP contribution in [-0.2, 0) is 14.2 Å². The van der Waals surface area contributed by atoms with Crippen molar-refractivity contribution in [2.45, 2.75) is 6.29 Å². The van der Waals surface area contributed by atoms with Crippen LogP contribution in [0.1, 0.15) is 10.4 Å². The average Bonchev–Trinajstić information content (AvgIpc) is 3.01. The Hall–Kier alpha value is -2.17. The first-order valence-electron chi connectivity index (χ1n) is 6.39. The monoisotopic (exact) mass is 270 g/mol. The van der Waals surface area contributed by atoms with E-state index in [9.17, 15) is 4.79 Å². The van der Waals surface area contributed by atoms with Crippen LogP contribution in [0.2, 0.25) is 0 Å².